The molecule has 0 amide bonds. The molecule has 6 nitrogen and oxygen atoms in total. The van der Waals surface area contributed by atoms with E-state index >= 15 is 0 Å². The minimum absolute atomic E-state index is 0.558. The van der Waals surface area contributed by atoms with Crippen molar-refractivity contribution in [2.45, 2.75) is 45.8 Å². The number of aromatic nitrogens is 2. The third-order valence-corrected chi connectivity index (χ3v) is 6.79. The Morgan fingerprint density at radius 1 is 1.08 bits per heavy atom. The van der Waals surface area contributed by atoms with Gasteiger partial charge in [0.25, 0.3) is 0 Å². The van der Waals surface area contributed by atoms with Gasteiger partial charge in [-0.2, -0.15) is 0 Å². The molecule has 0 radical (unpaired) electrons. The molecule has 2 aromatic heterocycles. The Bertz CT molecular complexity index is 1300. The Kier molecular flexibility index (Phi) is 7.97. The number of nitrogens with one attached hydrogen (secondary N) is 1. The molecule has 0 atom stereocenters. The van der Waals surface area contributed by atoms with E-state index in [0.717, 1.165) is 77.1 Å². The van der Waals surface area contributed by atoms with Crippen LogP contribution in [0.1, 0.15) is 44.7 Å². The molecule has 4 N–H and O–H groups in total. The van der Waals surface area contributed by atoms with E-state index in [9.17, 15) is 5.11 Å². The number of benzene rings is 2. The Labute approximate surface area is 213 Å². The SMILES string of the molecule is CN/C(=C(/C)N)c1cnc2c3ccc(C(C)(C)O)cc3n(CC3CCOCC3)c2c1.c1ccccc1. The summed E-state index contributed by atoms with van der Waals surface area (Å²) in [5.74, 6) is 0.558. The van der Waals surface area contributed by atoms with Gasteiger partial charge in [-0.15, -0.1) is 0 Å². The molecule has 2 aromatic carbocycles. The van der Waals surface area contributed by atoms with Crippen LogP contribution in [0.25, 0.3) is 27.6 Å². The lowest BCUT2D eigenvalue weighted by Gasteiger charge is -2.24. The van der Waals surface area contributed by atoms with Crippen molar-refractivity contribution in [1.29, 1.82) is 0 Å². The number of allylic oxidation sites excluding steroid dienone is 1. The summed E-state index contributed by atoms with van der Waals surface area (Å²) in [5, 5.41) is 14.9. The highest BCUT2D eigenvalue weighted by Gasteiger charge is 2.22. The number of fused-ring (bicyclic) bond motifs is 3. The molecule has 1 saturated heterocycles. The predicted molar refractivity (Wildman–Crippen MR) is 148 cm³/mol. The van der Waals surface area contributed by atoms with Crippen molar-refractivity contribution in [3.8, 4) is 0 Å². The molecule has 1 aliphatic rings. The van der Waals surface area contributed by atoms with Gasteiger partial charge in [0, 0.05) is 49.6 Å². The average Bonchev–Trinajstić information content (AvgIpc) is 3.18. The van der Waals surface area contributed by atoms with Gasteiger partial charge in [0.2, 0.25) is 0 Å². The number of nitrogens with two attached hydrogens (primary N) is 1. The van der Waals surface area contributed by atoms with Crippen LogP contribution >= 0.6 is 0 Å². The summed E-state index contributed by atoms with van der Waals surface area (Å²) in [6.45, 7) is 8.08. The molecule has 6 heteroatoms. The molecule has 4 aromatic rings. The molecule has 5 rings (SSSR count). The molecular weight excluding hydrogens is 448 g/mol. The van der Waals surface area contributed by atoms with Crippen molar-refractivity contribution in [3.05, 3.63) is 83.7 Å². The molecule has 1 aliphatic heterocycles. The van der Waals surface area contributed by atoms with Gasteiger partial charge in [0.15, 0.2) is 0 Å². The number of aliphatic hydroxyl groups is 1. The fourth-order valence-electron chi connectivity index (χ4n) is 4.81. The second-order valence-electron chi connectivity index (χ2n) is 10.0. The molecule has 0 spiro atoms. The first-order valence-corrected chi connectivity index (χ1v) is 12.7. The zero-order valence-corrected chi connectivity index (χ0v) is 21.8. The van der Waals surface area contributed by atoms with Crippen LogP contribution in [0.2, 0.25) is 0 Å². The lowest BCUT2D eigenvalue weighted by molar-refractivity contribution is 0.0619. The van der Waals surface area contributed by atoms with E-state index in [0.29, 0.717) is 5.92 Å². The van der Waals surface area contributed by atoms with E-state index in [1.54, 1.807) is 0 Å². The van der Waals surface area contributed by atoms with Gasteiger partial charge >= 0.3 is 0 Å². The Morgan fingerprint density at radius 2 is 1.72 bits per heavy atom. The highest BCUT2D eigenvalue weighted by Crippen LogP contribution is 2.34. The third-order valence-electron chi connectivity index (χ3n) is 6.79. The molecule has 190 valence electrons. The first kappa shape index (κ1) is 25.7. The smallest absolute Gasteiger partial charge is 0.0960 e. The van der Waals surface area contributed by atoms with E-state index in [1.807, 2.05) is 76.5 Å². The number of hydrogen-bond donors (Lipinski definition) is 3. The van der Waals surface area contributed by atoms with E-state index in [1.165, 1.54) is 0 Å². The summed E-state index contributed by atoms with van der Waals surface area (Å²) < 4.78 is 7.93. The van der Waals surface area contributed by atoms with E-state index in [-0.39, 0.29) is 0 Å². The zero-order valence-electron chi connectivity index (χ0n) is 21.8. The van der Waals surface area contributed by atoms with Crippen molar-refractivity contribution >= 4 is 27.6 Å². The van der Waals surface area contributed by atoms with Gasteiger partial charge in [-0.05, 0) is 57.2 Å². The summed E-state index contributed by atoms with van der Waals surface area (Å²) in [4.78, 5) is 4.83. The largest absolute Gasteiger partial charge is 0.401 e. The van der Waals surface area contributed by atoms with Crippen molar-refractivity contribution in [2.75, 3.05) is 20.3 Å². The maximum atomic E-state index is 10.6. The van der Waals surface area contributed by atoms with Gasteiger partial charge in [-0.1, -0.05) is 48.5 Å². The normalized spacial score (nSPS) is 15.4. The van der Waals surface area contributed by atoms with Crippen LogP contribution in [-0.4, -0.2) is 34.9 Å². The second-order valence-corrected chi connectivity index (χ2v) is 10.0. The average molecular weight is 487 g/mol. The van der Waals surface area contributed by atoms with Crippen LogP contribution in [0, 0.1) is 5.92 Å². The summed E-state index contributed by atoms with van der Waals surface area (Å²) in [6.07, 6.45) is 4.00. The number of ether oxygens (including phenoxy) is 1. The van der Waals surface area contributed by atoms with Crippen molar-refractivity contribution in [3.63, 3.8) is 0 Å². The minimum atomic E-state index is -0.897. The topological polar surface area (TPSA) is 85.3 Å². The quantitative estimate of drug-likeness (QED) is 0.352. The van der Waals surface area contributed by atoms with Crippen molar-refractivity contribution in [2.24, 2.45) is 11.7 Å². The molecule has 3 heterocycles. The maximum absolute atomic E-state index is 10.6. The molecule has 0 bridgehead atoms. The summed E-state index contributed by atoms with van der Waals surface area (Å²) >= 11 is 0. The van der Waals surface area contributed by atoms with Crippen LogP contribution in [0.5, 0.6) is 0 Å². The number of pyridine rings is 1. The first-order valence-electron chi connectivity index (χ1n) is 12.7. The predicted octanol–water partition coefficient (Wildman–Crippen LogP) is 5.40. The van der Waals surface area contributed by atoms with Gasteiger partial charge in [0.05, 0.1) is 27.8 Å². The van der Waals surface area contributed by atoms with Crippen LogP contribution in [0.15, 0.2) is 72.6 Å². The van der Waals surface area contributed by atoms with Crippen LogP contribution in [0.4, 0.5) is 0 Å². The van der Waals surface area contributed by atoms with Crippen molar-refractivity contribution < 1.29 is 9.84 Å². The molecule has 0 unspecified atom stereocenters. The van der Waals surface area contributed by atoms with Gasteiger partial charge in [0.1, 0.15) is 0 Å². The minimum Gasteiger partial charge on any atom is -0.401 e. The van der Waals surface area contributed by atoms with Crippen LogP contribution in [0.3, 0.4) is 0 Å². The summed E-state index contributed by atoms with van der Waals surface area (Å²) in [6, 6.07) is 20.4. The first-order chi connectivity index (χ1) is 17.3. The Hall–Kier alpha value is -3.35. The van der Waals surface area contributed by atoms with Gasteiger partial charge in [-0.3, -0.25) is 4.98 Å². The van der Waals surface area contributed by atoms with Crippen LogP contribution < -0.4 is 11.1 Å². The van der Waals surface area contributed by atoms with Crippen LogP contribution in [-0.2, 0) is 16.9 Å². The molecule has 1 fully saturated rings. The fraction of sp³-hybridized carbons (Fsp3) is 0.367. The van der Waals surface area contributed by atoms with Crippen molar-refractivity contribution in [1.82, 2.24) is 14.9 Å². The number of hydrogen-bond acceptors (Lipinski definition) is 5. The lowest BCUT2D eigenvalue weighted by Crippen LogP contribution is -2.20. The standard InChI is InChI=1S/C24H32N4O2.C6H6/c1-15(25)22(26-4)17-11-21-23(27-13-17)19-6-5-18(24(2,3)29)12-20(19)28(21)14-16-7-9-30-10-8-16;1-2-4-6-5-3-1/h5-6,11-13,16,26,29H,7-10,14,25H2,1-4H3;1-6H/b22-15-;. The zero-order chi connectivity index (χ0) is 25.7. The summed E-state index contributed by atoms with van der Waals surface area (Å²) in [7, 11) is 1.88. The highest BCUT2D eigenvalue weighted by molar-refractivity contribution is 6.06. The van der Waals surface area contributed by atoms with E-state index < -0.39 is 5.60 Å². The number of rotatable bonds is 5. The third kappa shape index (κ3) is 5.72. The molecular formula is C30H38N4O2. The Balaban J connectivity index is 0.000000445. The Morgan fingerprint density at radius 3 is 2.28 bits per heavy atom. The highest BCUT2D eigenvalue weighted by atomic mass is 16.5. The fourth-order valence-corrected chi connectivity index (χ4v) is 4.81. The van der Waals surface area contributed by atoms with Gasteiger partial charge < -0.3 is 25.5 Å². The van der Waals surface area contributed by atoms with E-state index in [4.69, 9.17) is 15.5 Å². The maximum Gasteiger partial charge on any atom is 0.0960 e. The van der Waals surface area contributed by atoms with Gasteiger partial charge in [-0.25, -0.2) is 0 Å². The van der Waals surface area contributed by atoms with E-state index in [2.05, 4.69) is 28.1 Å². The number of nitrogens with zero attached hydrogens (tertiary/aromatic N) is 2. The molecule has 0 saturated carbocycles. The molecule has 36 heavy (non-hydrogen) atoms. The monoisotopic (exact) mass is 486 g/mol. The second kappa shape index (κ2) is 11.1. The summed E-state index contributed by atoms with van der Waals surface area (Å²) in [5.41, 5.74) is 11.9. The lowest BCUT2D eigenvalue weighted by atomic mass is 9.97. The molecule has 0 aliphatic carbocycles.